The highest BCUT2D eigenvalue weighted by atomic mass is 33.1. The summed E-state index contributed by atoms with van der Waals surface area (Å²) in [5, 5.41) is 23.4. The van der Waals surface area contributed by atoms with Gasteiger partial charge >= 0.3 is 5.69 Å². The molecule has 1 N–H and O–H groups in total. The molecule has 16 nitrogen and oxygen atoms in total. The Labute approximate surface area is 361 Å². The molecule has 1 aromatic heterocycles. The number of nitro groups is 1. The third-order valence-electron chi connectivity index (χ3n) is 11.0. The minimum absolute atomic E-state index is 0.0277. The Balaban J connectivity index is 0.985. The first-order valence-corrected chi connectivity index (χ1v) is 22.2. The Morgan fingerprint density at radius 2 is 1.61 bits per heavy atom. The quantitative estimate of drug-likeness (QED) is 0.0474. The lowest BCUT2D eigenvalue weighted by Gasteiger charge is -2.32. The van der Waals surface area contributed by atoms with E-state index in [2.05, 4.69) is 23.1 Å². The second-order valence-corrected chi connectivity index (χ2v) is 17.9. The zero-order chi connectivity index (χ0) is 43.4. The summed E-state index contributed by atoms with van der Waals surface area (Å²) >= 11 is 0. The fourth-order valence-electron chi connectivity index (χ4n) is 7.82. The smallest absolute Gasteiger partial charge is 0.302 e. The van der Waals surface area contributed by atoms with E-state index in [9.17, 15) is 29.6 Å². The predicted molar refractivity (Wildman–Crippen MR) is 233 cm³/mol. The van der Waals surface area contributed by atoms with E-state index in [-0.39, 0.29) is 64.6 Å². The van der Waals surface area contributed by atoms with Gasteiger partial charge in [-0.25, -0.2) is 4.98 Å². The van der Waals surface area contributed by atoms with Gasteiger partial charge in [0.2, 0.25) is 5.91 Å². The van der Waals surface area contributed by atoms with Crippen molar-refractivity contribution in [2.45, 2.75) is 80.5 Å². The fraction of sp³-hybridized carbons (Fsp3) is 0.419. The van der Waals surface area contributed by atoms with Crippen molar-refractivity contribution in [2.75, 3.05) is 45.4 Å². The number of ether oxygens (including phenoxy) is 4. The van der Waals surface area contributed by atoms with Crippen molar-refractivity contribution in [2.24, 2.45) is 4.99 Å². The number of rotatable bonds is 17. The highest BCUT2D eigenvalue weighted by Crippen LogP contribution is 2.44. The van der Waals surface area contributed by atoms with Crippen LogP contribution >= 0.6 is 21.6 Å². The zero-order valence-corrected chi connectivity index (χ0v) is 35.9. The standard InChI is InChI=1S/C43H48N6O10S2/c1-25-16-28-22-45-31-20-37(35(56-4)18-29(31)41(51)46(28)23-25)58-14-7-6-8-15-59-38-21-33-30(19-36(38)57-5)42(52)47-24-26(2)17-34(47)43(53)48(33)39(50)12-11-27(3)60-61-40-32(49(54)55)10-9-13-44-40/h9-10,13,18-22,27-28,34,43,53H,1-2,6-8,11-12,14-17,23-24H2,3-5H3/t27-,28?,34?,43?/m1/s1. The topological polar surface area (TPSA) is 186 Å². The average molecular weight is 873 g/mol. The van der Waals surface area contributed by atoms with E-state index in [0.717, 1.165) is 17.6 Å². The predicted octanol–water partition coefficient (Wildman–Crippen LogP) is 7.17. The van der Waals surface area contributed by atoms with Crippen LogP contribution in [-0.4, -0.2) is 113 Å². The molecule has 61 heavy (non-hydrogen) atoms. The van der Waals surface area contributed by atoms with Gasteiger partial charge in [0.05, 0.1) is 66.9 Å². The van der Waals surface area contributed by atoms with Crippen LogP contribution in [0, 0.1) is 10.1 Å². The van der Waals surface area contributed by atoms with Gasteiger partial charge in [-0.15, -0.1) is 0 Å². The number of carbonyl (C=O) groups is 3. The Bertz CT molecular complexity index is 2270. The number of anilines is 1. The molecule has 18 heteroatoms. The van der Waals surface area contributed by atoms with Crippen LogP contribution in [0.2, 0.25) is 0 Å². The van der Waals surface area contributed by atoms with Gasteiger partial charge in [0.15, 0.2) is 34.3 Å². The lowest BCUT2D eigenvalue weighted by Crippen LogP contribution is -2.50. The van der Waals surface area contributed by atoms with Gasteiger partial charge in [0.25, 0.3) is 11.8 Å². The second kappa shape index (κ2) is 19.0. The number of unbranched alkanes of at least 4 members (excludes halogenated alkanes) is 2. The first kappa shape index (κ1) is 43.5. The number of benzene rings is 2. The van der Waals surface area contributed by atoms with E-state index >= 15 is 0 Å². The first-order valence-electron chi connectivity index (χ1n) is 20.0. The molecule has 3 aromatic rings. The summed E-state index contributed by atoms with van der Waals surface area (Å²) in [6, 6.07) is 8.64. The van der Waals surface area contributed by atoms with Crippen LogP contribution in [0.3, 0.4) is 0 Å². The van der Waals surface area contributed by atoms with Crippen LogP contribution in [0.1, 0.15) is 72.6 Å². The minimum Gasteiger partial charge on any atom is -0.493 e. The number of amides is 3. The molecule has 3 amide bonds. The molecule has 322 valence electrons. The van der Waals surface area contributed by atoms with Crippen molar-refractivity contribution >= 4 is 62.6 Å². The number of pyridine rings is 1. The third-order valence-corrected chi connectivity index (χ3v) is 13.8. The second-order valence-electron chi connectivity index (χ2n) is 15.3. The maximum absolute atomic E-state index is 14.1. The number of aliphatic imine (C=N–C) groups is 1. The Morgan fingerprint density at radius 3 is 2.31 bits per heavy atom. The van der Waals surface area contributed by atoms with Gasteiger partial charge in [-0.05, 0) is 67.5 Å². The Hall–Kier alpha value is -5.59. The van der Waals surface area contributed by atoms with Crippen LogP contribution < -0.4 is 23.8 Å². The molecular formula is C43H48N6O10S2. The van der Waals surface area contributed by atoms with Crippen LogP contribution in [-0.2, 0) is 4.79 Å². The molecule has 0 aliphatic carbocycles. The van der Waals surface area contributed by atoms with E-state index in [1.165, 1.54) is 59.0 Å². The summed E-state index contributed by atoms with van der Waals surface area (Å²) in [5.41, 5.74) is 3.07. The number of aromatic nitrogens is 1. The van der Waals surface area contributed by atoms with Gasteiger partial charge in [-0.1, -0.05) is 42.0 Å². The van der Waals surface area contributed by atoms with Crippen molar-refractivity contribution in [3.05, 3.63) is 88.1 Å². The van der Waals surface area contributed by atoms with E-state index in [0.29, 0.717) is 79.5 Å². The monoisotopic (exact) mass is 872 g/mol. The lowest BCUT2D eigenvalue weighted by molar-refractivity contribution is -0.388. The lowest BCUT2D eigenvalue weighted by atomic mass is 10.1. The number of hydrogen-bond acceptors (Lipinski definition) is 14. The molecule has 0 radical (unpaired) electrons. The zero-order valence-electron chi connectivity index (χ0n) is 34.2. The number of nitrogens with zero attached hydrogens (tertiary/aromatic N) is 6. The molecule has 7 rings (SSSR count). The van der Waals surface area contributed by atoms with Crippen molar-refractivity contribution < 1.29 is 43.4 Å². The minimum atomic E-state index is -1.35. The van der Waals surface area contributed by atoms with Gasteiger partial charge in [-0.2, -0.15) is 0 Å². The Kier molecular flexibility index (Phi) is 13.5. The van der Waals surface area contributed by atoms with E-state index < -0.39 is 23.1 Å². The summed E-state index contributed by atoms with van der Waals surface area (Å²) in [6.07, 6.45) is 5.44. The SMILES string of the molecule is C=C1CC2C=Nc3cc(OCCCCCOc4cc5c(cc4OC)C(=O)N4CC(=C)CC4C(O)N5C(=O)CC[C@@H](C)SSc4ncccc4[N+](=O)[O-])c(OC)cc3C(=O)N2C1. The molecule has 4 atom stereocenters. The molecule has 2 aromatic carbocycles. The highest BCUT2D eigenvalue weighted by molar-refractivity contribution is 8.76. The molecule has 3 unspecified atom stereocenters. The maximum Gasteiger partial charge on any atom is 0.302 e. The molecular weight excluding hydrogens is 825 g/mol. The molecule has 0 saturated carbocycles. The number of aliphatic hydroxyl groups is 1. The van der Waals surface area contributed by atoms with Gasteiger partial charge in [-0.3, -0.25) is 34.4 Å². The summed E-state index contributed by atoms with van der Waals surface area (Å²) in [6.45, 7) is 11.4. The Morgan fingerprint density at radius 1 is 0.951 bits per heavy atom. The number of methoxy groups -OCH3 is 2. The van der Waals surface area contributed by atoms with Crippen LogP contribution in [0.25, 0.3) is 0 Å². The molecule has 4 aliphatic rings. The number of fused-ring (bicyclic) bond motifs is 4. The third kappa shape index (κ3) is 9.35. The van der Waals surface area contributed by atoms with Crippen molar-refractivity contribution in [1.29, 1.82) is 0 Å². The van der Waals surface area contributed by atoms with Gasteiger partial charge in [0.1, 0.15) is 0 Å². The molecule has 5 heterocycles. The number of hydrogen-bond donors (Lipinski definition) is 1. The molecule has 2 fully saturated rings. The van der Waals surface area contributed by atoms with Gasteiger partial charge < -0.3 is 33.9 Å². The molecule has 2 saturated heterocycles. The summed E-state index contributed by atoms with van der Waals surface area (Å²) in [7, 11) is 5.54. The normalized spacial score (nSPS) is 19.7. The maximum atomic E-state index is 14.1. The largest absolute Gasteiger partial charge is 0.493 e. The molecule has 4 aliphatic heterocycles. The first-order chi connectivity index (χ1) is 29.4. The van der Waals surface area contributed by atoms with Crippen molar-refractivity contribution in [1.82, 2.24) is 14.8 Å². The highest BCUT2D eigenvalue weighted by Gasteiger charge is 2.45. The van der Waals surface area contributed by atoms with Crippen LogP contribution in [0.4, 0.5) is 17.1 Å². The summed E-state index contributed by atoms with van der Waals surface area (Å²) in [5.74, 6) is 0.693. The fourth-order valence-corrected chi connectivity index (χ4v) is 10.1. The van der Waals surface area contributed by atoms with E-state index in [1.54, 1.807) is 40.3 Å². The summed E-state index contributed by atoms with van der Waals surface area (Å²) in [4.78, 5) is 65.8. The van der Waals surface area contributed by atoms with Crippen LogP contribution in [0.15, 0.2) is 76.9 Å². The van der Waals surface area contributed by atoms with Gasteiger partial charge in [0, 0.05) is 55.4 Å². The van der Waals surface area contributed by atoms with Crippen molar-refractivity contribution in [3.8, 4) is 23.0 Å². The number of carbonyl (C=O) groups excluding carboxylic acids is 3. The average Bonchev–Trinajstić information content (AvgIpc) is 3.79. The van der Waals surface area contributed by atoms with E-state index in [4.69, 9.17) is 18.9 Å². The van der Waals surface area contributed by atoms with E-state index in [1.807, 2.05) is 6.92 Å². The summed E-state index contributed by atoms with van der Waals surface area (Å²) < 4.78 is 23.6. The van der Waals surface area contributed by atoms with Crippen molar-refractivity contribution in [3.63, 3.8) is 0 Å². The molecule has 0 bridgehead atoms. The van der Waals surface area contributed by atoms with Crippen LogP contribution in [0.5, 0.6) is 23.0 Å². The molecule has 0 spiro atoms. The number of aliphatic hydroxyl groups excluding tert-OH is 1.